The van der Waals surface area contributed by atoms with Crippen molar-refractivity contribution in [2.75, 3.05) is 6.61 Å². The van der Waals surface area contributed by atoms with Crippen LogP contribution >= 0.6 is 0 Å². The Labute approximate surface area is 84.1 Å². The summed E-state index contributed by atoms with van der Waals surface area (Å²) in [5.74, 6) is 0.638. The SMILES string of the molecule is CC(CO)(NCc1ccoc1)C1CC1. The van der Waals surface area contributed by atoms with Gasteiger partial charge in [-0.15, -0.1) is 0 Å². The van der Waals surface area contributed by atoms with Crippen LogP contribution in [-0.2, 0) is 6.54 Å². The van der Waals surface area contributed by atoms with Crippen LogP contribution in [0, 0.1) is 5.92 Å². The van der Waals surface area contributed by atoms with Gasteiger partial charge in [0.25, 0.3) is 0 Å². The fourth-order valence-corrected chi connectivity index (χ4v) is 1.75. The number of nitrogens with one attached hydrogen (secondary N) is 1. The van der Waals surface area contributed by atoms with E-state index in [0.29, 0.717) is 5.92 Å². The molecule has 1 fully saturated rings. The van der Waals surface area contributed by atoms with Crippen LogP contribution in [0.5, 0.6) is 0 Å². The summed E-state index contributed by atoms with van der Waals surface area (Å²) < 4.78 is 4.99. The summed E-state index contributed by atoms with van der Waals surface area (Å²) in [5, 5.41) is 12.7. The average Bonchev–Trinajstić information content (AvgIpc) is 2.94. The maximum atomic E-state index is 9.34. The molecule has 78 valence electrons. The van der Waals surface area contributed by atoms with Gasteiger partial charge in [0.1, 0.15) is 0 Å². The highest BCUT2D eigenvalue weighted by molar-refractivity contribution is 5.07. The molecule has 2 rings (SSSR count). The van der Waals surface area contributed by atoms with Crippen LogP contribution in [0.2, 0.25) is 0 Å². The minimum atomic E-state index is -0.114. The van der Waals surface area contributed by atoms with Gasteiger partial charge in [0.05, 0.1) is 19.1 Å². The second-order valence-electron chi connectivity index (χ2n) is 4.34. The Balaban J connectivity index is 1.89. The highest BCUT2D eigenvalue weighted by atomic mass is 16.3. The fraction of sp³-hybridized carbons (Fsp3) is 0.636. The standard InChI is InChI=1S/C11H17NO2/c1-11(8-13,10-2-3-10)12-6-9-4-5-14-7-9/h4-5,7,10,12-13H,2-3,6,8H2,1H3. The van der Waals surface area contributed by atoms with E-state index >= 15 is 0 Å². The summed E-state index contributed by atoms with van der Waals surface area (Å²) in [7, 11) is 0. The molecular formula is C11H17NO2. The number of hydrogen-bond acceptors (Lipinski definition) is 3. The van der Waals surface area contributed by atoms with Gasteiger partial charge in [-0.1, -0.05) is 0 Å². The molecule has 1 aromatic heterocycles. The lowest BCUT2D eigenvalue weighted by Crippen LogP contribution is -2.47. The Bertz CT molecular complexity index is 279. The molecule has 0 bridgehead atoms. The zero-order valence-electron chi connectivity index (χ0n) is 8.49. The van der Waals surface area contributed by atoms with Crippen molar-refractivity contribution in [3.05, 3.63) is 24.2 Å². The van der Waals surface area contributed by atoms with Crippen molar-refractivity contribution in [3.8, 4) is 0 Å². The Morgan fingerprint density at radius 1 is 1.64 bits per heavy atom. The van der Waals surface area contributed by atoms with Crippen LogP contribution in [0.4, 0.5) is 0 Å². The first kappa shape index (κ1) is 9.74. The summed E-state index contributed by atoms with van der Waals surface area (Å²) in [6.07, 6.45) is 5.87. The van der Waals surface area contributed by atoms with Gasteiger partial charge in [-0.3, -0.25) is 0 Å². The van der Waals surface area contributed by atoms with E-state index in [0.717, 1.165) is 12.1 Å². The molecule has 0 spiro atoms. The van der Waals surface area contributed by atoms with E-state index < -0.39 is 0 Å². The fourth-order valence-electron chi connectivity index (χ4n) is 1.75. The lowest BCUT2D eigenvalue weighted by atomic mass is 9.97. The van der Waals surface area contributed by atoms with Crippen molar-refractivity contribution in [2.45, 2.75) is 31.8 Å². The summed E-state index contributed by atoms with van der Waals surface area (Å²) in [6.45, 7) is 3.06. The van der Waals surface area contributed by atoms with Crippen LogP contribution in [0.1, 0.15) is 25.3 Å². The Kier molecular flexibility index (Phi) is 2.61. The quantitative estimate of drug-likeness (QED) is 0.749. The molecule has 1 atom stereocenters. The molecule has 0 aromatic carbocycles. The lowest BCUT2D eigenvalue weighted by molar-refractivity contribution is 0.153. The number of hydrogen-bond donors (Lipinski definition) is 2. The molecule has 0 amide bonds. The summed E-state index contributed by atoms with van der Waals surface area (Å²) in [6, 6.07) is 1.94. The van der Waals surface area contributed by atoms with Gasteiger partial charge in [0.15, 0.2) is 0 Å². The minimum absolute atomic E-state index is 0.114. The minimum Gasteiger partial charge on any atom is -0.472 e. The van der Waals surface area contributed by atoms with Gasteiger partial charge < -0.3 is 14.8 Å². The molecule has 3 nitrogen and oxygen atoms in total. The van der Waals surface area contributed by atoms with E-state index in [1.165, 1.54) is 12.8 Å². The Hall–Kier alpha value is -0.800. The van der Waals surface area contributed by atoms with Gasteiger partial charge in [0.2, 0.25) is 0 Å². The molecule has 3 heteroatoms. The van der Waals surface area contributed by atoms with E-state index in [-0.39, 0.29) is 12.1 Å². The van der Waals surface area contributed by atoms with Crippen molar-refractivity contribution in [2.24, 2.45) is 5.92 Å². The maximum Gasteiger partial charge on any atom is 0.0947 e. The van der Waals surface area contributed by atoms with Gasteiger partial charge in [-0.25, -0.2) is 0 Å². The number of aliphatic hydroxyl groups excluding tert-OH is 1. The first-order valence-corrected chi connectivity index (χ1v) is 5.11. The van der Waals surface area contributed by atoms with Crippen molar-refractivity contribution >= 4 is 0 Å². The first-order chi connectivity index (χ1) is 6.74. The van der Waals surface area contributed by atoms with E-state index in [1.54, 1.807) is 12.5 Å². The normalized spacial score (nSPS) is 20.7. The van der Waals surface area contributed by atoms with E-state index in [2.05, 4.69) is 12.2 Å². The Morgan fingerprint density at radius 3 is 2.93 bits per heavy atom. The molecule has 1 aliphatic carbocycles. The smallest absolute Gasteiger partial charge is 0.0947 e. The van der Waals surface area contributed by atoms with Crippen LogP contribution < -0.4 is 5.32 Å². The van der Waals surface area contributed by atoms with Crippen LogP contribution in [0.25, 0.3) is 0 Å². The molecule has 14 heavy (non-hydrogen) atoms. The topological polar surface area (TPSA) is 45.4 Å². The van der Waals surface area contributed by atoms with Crippen molar-refractivity contribution < 1.29 is 9.52 Å². The molecule has 1 aliphatic rings. The number of furan rings is 1. The van der Waals surface area contributed by atoms with Crippen LogP contribution in [0.3, 0.4) is 0 Å². The third-order valence-electron chi connectivity index (χ3n) is 3.08. The van der Waals surface area contributed by atoms with Gasteiger partial charge >= 0.3 is 0 Å². The van der Waals surface area contributed by atoms with Crippen molar-refractivity contribution in [1.29, 1.82) is 0 Å². The predicted octanol–water partition coefficient (Wildman–Crippen LogP) is 1.53. The molecular weight excluding hydrogens is 178 g/mol. The molecule has 1 heterocycles. The van der Waals surface area contributed by atoms with Gasteiger partial charge in [-0.05, 0) is 31.7 Å². The highest BCUT2D eigenvalue weighted by Gasteiger charge is 2.40. The Morgan fingerprint density at radius 2 is 2.43 bits per heavy atom. The summed E-state index contributed by atoms with van der Waals surface area (Å²) in [4.78, 5) is 0. The molecule has 0 saturated heterocycles. The van der Waals surface area contributed by atoms with Gasteiger partial charge in [-0.2, -0.15) is 0 Å². The van der Waals surface area contributed by atoms with Crippen molar-refractivity contribution in [3.63, 3.8) is 0 Å². The zero-order valence-corrected chi connectivity index (χ0v) is 8.49. The van der Waals surface area contributed by atoms with E-state index in [4.69, 9.17) is 4.42 Å². The third-order valence-corrected chi connectivity index (χ3v) is 3.08. The summed E-state index contributed by atoms with van der Waals surface area (Å²) in [5.41, 5.74) is 1.02. The monoisotopic (exact) mass is 195 g/mol. The van der Waals surface area contributed by atoms with E-state index in [1.807, 2.05) is 6.07 Å². The lowest BCUT2D eigenvalue weighted by Gasteiger charge is -2.28. The average molecular weight is 195 g/mol. The molecule has 1 unspecified atom stereocenters. The molecule has 2 N–H and O–H groups in total. The van der Waals surface area contributed by atoms with Gasteiger partial charge in [0, 0.05) is 17.6 Å². The largest absolute Gasteiger partial charge is 0.472 e. The molecule has 1 saturated carbocycles. The third kappa shape index (κ3) is 1.99. The van der Waals surface area contributed by atoms with Crippen molar-refractivity contribution in [1.82, 2.24) is 5.32 Å². The number of aliphatic hydroxyl groups is 1. The first-order valence-electron chi connectivity index (χ1n) is 5.11. The summed E-state index contributed by atoms with van der Waals surface area (Å²) >= 11 is 0. The molecule has 1 aromatic rings. The predicted molar refractivity (Wildman–Crippen MR) is 53.8 cm³/mol. The molecule has 0 radical (unpaired) electrons. The highest BCUT2D eigenvalue weighted by Crippen LogP contribution is 2.39. The maximum absolute atomic E-state index is 9.34. The number of rotatable bonds is 5. The van der Waals surface area contributed by atoms with Crippen LogP contribution in [0.15, 0.2) is 23.0 Å². The van der Waals surface area contributed by atoms with E-state index in [9.17, 15) is 5.11 Å². The second kappa shape index (κ2) is 3.75. The molecule has 0 aliphatic heterocycles. The van der Waals surface area contributed by atoms with Crippen LogP contribution in [-0.4, -0.2) is 17.3 Å². The second-order valence-corrected chi connectivity index (χ2v) is 4.34. The zero-order chi connectivity index (χ0) is 10.0.